The third-order valence-corrected chi connectivity index (χ3v) is 4.17. The van der Waals surface area contributed by atoms with Crippen molar-refractivity contribution in [1.82, 2.24) is 20.2 Å². The molecule has 134 valence electrons. The fourth-order valence-corrected chi connectivity index (χ4v) is 2.80. The van der Waals surface area contributed by atoms with Gasteiger partial charge in [-0.05, 0) is 5.56 Å². The first-order valence-corrected chi connectivity index (χ1v) is 7.98. The van der Waals surface area contributed by atoms with Crippen LogP contribution in [0.3, 0.4) is 0 Å². The van der Waals surface area contributed by atoms with Crippen molar-refractivity contribution in [2.45, 2.75) is 12.5 Å². The molecule has 0 aliphatic carbocycles. The molecule has 0 saturated carbocycles. The highest BCUT2D eigenvalue weighted by molar-refractivity contribution is 5.92. The van der Waals surface area contributed by atoms with Crippen LogP contribution in [0.5, 0.6) is 0 Å². The van der Waals surface area contributed by atoms with E-state index in [0.29, 0.717) is 17.9 Å². The van der Waals surface area contributed by atoms with Crippen molar-refractivity contribution in [3.05, 3.63) is 47.9 Å². The normalized spacial score (nSPS) is 16.4. The number of carbonyl (C=O) groups is 2. The van der Waals surface area contributed by atoms with Crippen LogP contribution in [0.4, 0.5) is 4.79 Å². The summed E-state index contributed by atoms with van der Waals surface area (Å²) in [6.07, 6.45) is 2.89. The number of carboxylic acid groups (broad SMARTS) is 1. The number of nitrogens with one attached hydrogen (secondary N) is 2. The number of amides is 2. The Morgan fingerprint density at radius 2 is 2.04 bits per heavy atom. The third kappa shape index (κ3) is 3.61. The molecule has 0 spiro atoms. The van der Waals surface area contributed by atoms with Crippen LogP contribution in [-0.4, -0.2) is 50.9 Å². The molecule has 1 aliphatic heterocycles. The number of aromatic nitrogens is 2. The smallest absolute Gasteiger partial charge is 0.318 e. The molecule has 2 amide bonds. The number of carboxylic acids is 1. The fraction of sp³-hybridized carbons (Fsp3) is 0.235. The predicted octanol–water partition coefficient (Wildman–Crippen LogP) is 0.969. The summed E-state index contributed by atoms with van der Waals surface area (Å²) in [7, 11) is 0. The van der Waals surface area contributed by atoms with E-state index in [4.69, 9.17) is 16.2 Å². The van der Waals surface area contributed by atoms with Crippen molar-refractivity contribution in [2.75, 3.05) is 13.1 Å². The van der Waals surface area contributed by atoms with Gasteiger partial charge in [0.2, 0.25) is 0 Å². The summed E-state index contributed by atoms with van der Waals surface area (Å²) in [6, 6.07) is 7.03. The average molecular weight is 354 g/mol. The van der Waals surface area contributed by atoms with Gasteiger partial charge in [0, 0.05) is 18.7 Å². The molecule has 1 aromatic carbocycles. The number of urea groups is 1. The van der Waals surface area contributed by atoms with Crippen LogP contribution in [-0.2, 0) is 4.79 Å². The van der Waals surface area contributed by atoms with Crippen LogP contribution in [0, 0.1) is 5.41 Å². The van der Waals surface area contributed by atoms with Gasteiger partial charge in [-0.2, -0.15) is 0 Å². The van der Waals surface area contributed by atoms with E-state index in [0.717, 1.165) is 11.1 Å². The lowest BCUT2D eigenvalue weighted by atomic mass is 10.0. The zero-order valence-corrected chi connectivity index (χ0v) is 13.8. The van der Waals surface area contributed by atoms with Crippen LogP contribution < -0.4 is 11.1 Å². The van der Waals surface area contributed by atoms with Crippen molar-refractivity contribution in [3.63, 3.8) is 0 Å². The van der Waals surface area contributed by atoms with Gasteiger partial charge in [-0.1, -0.05) is 24.3 Å². The van der Waals surface area contributed by atoms with E-state index >= 15 is 0 Å². The van der Waals surface area contributed by atoms with Crippen LogP contribution >= 0.6 is 0 Å². The van der Waals surface area contributed by atoms with Gasteiger partial charge in [0.25, 0.3) is 0 Å². The summed E-state index contributed by atoms with van der Waals surface area (Å²) in [5.74, 6) is -1.08. The Labute approximate surface area is 149 Å². The third-order valence-electron chi connectivity index (χ3n) is 4.17. The van der Waals surface area contributed by atoms with Crippen molar-refractivity contribution in [1.29, 1.82) is 5.41 Å². The Balaban J connectivity index is 1.77. The van der Waals surface area contributed by atoms with Gasteiger partial charge in [-0.3, -0.25) is 15.2 Å². The lowest BCUT2D eigenvalue weighted by molar-refractivity contribution is -0.137. The average Bonchev–Trinajstić information content (AvgIpc) is 3.01. The predicted molar refractivity (Wildman–Crippen MR) is 93.6 cm³/mol. The molecule has 5 N–H and O–H groups in total. The van der Waals surface area contributed by atoms with Crippen LogP contribution in [0.2, 0.25) is 0 Å². The Kier molecular flexibility index (Phi) is 4.78. The first-order valence-electron chi connectivity index (χ1n) is 7.98. The maximum Gasteiger partial charge on any atom is 0.318 e. The highest BCUT2D eigenvalue weighted by Crippen LogP contribution is 2.27. The van der Waals surface area contributed by atoms with E-state index in [9.17, 15) is 9.59 Å². The fourth-order valence-electron chi connectivity index (χ4n) is 2.80. The van der Waals surface area contributed by atoms with Gasteiger partial charge in [-0.15, -0.1) is 0 Å². The van der Waals surface area contributed by atoms with E-state index in [2.05, 4.69) is 15.3 Å². The second-order valence-electron chi connectivity index (χ2n) is 5.86. The second-order valence-corrected chi connectivity index (χ2v) is 5.86. The number of nitrogen functional groups attached to an aromatic ring is 1. The number of amidine groups is 1. The number of benzene rings is 1. The largest absolute Gasteiger partial charge is 0.481 e. The van der Waals surface area contributed by atoms with Crippen LogP contribution in [0.1, 0.15) is 23.7 Å². The lowest BCUT2D eigenvalue weighted by Crippen LogP contribution is -2.31. The van der Waals surface area contributed by atoms with Crippen LogP contribution in [0.15, 0.2) is 36.7 Å². The summed E-state index contributed by atoms with van der Waals surface area (Å²) < 4.78 is 0. The minimum absolute atomic E-state index is 0.0971. The van der Waals surface area contributed by atoms with Crippen molar-refractivity contribution in [3.8, 4) is 11.3 Å². The maximum absolute atomic E-state index is 11.9. The summed E-state index contributed by atoms with van der Waals surface area (Å²) in [5.41, 5.74) is 8.07. The molecule has 2 aromatic rings. The molecule has 9 nitrogen and oxygen atoms in total. The number of rotatable bonds is 6. The minimum Gasteiger partial charge on any atom is -0.481 e. The second kappa shape index (κ2) is 7.18. The number of carbonyl (C=O) groups excluding carboxylic acids is 1. The van der Waals surface area contributed by atoms with E-state index in [1.54, 1.807) is 6.20 Å². The lowest BCUT2D eigenvalue weighted by Gasteiger charge is -2.22. The van der Waals surface area contributed by atoms with Gasteiger partial charge in [0.15, 0.2) is 0 Å². The Bertz CT molecular complexity index is 835. The molecule has 3 rings (SSSR count). The zero-order valence-electron chi connectivity index (χ0n) is 13.8. The molecule has 9 heteroatoms. The van der Waals surface area contributed by atoms with Gasteiger partial charge < -0.3 is 21.1 Å². The van der Waals surface area contributed by atoms with E-state index < -0.39 is 5.97 Å². The van der Waals surface area contributed by atoms with Gasteiger partial charge >= 0.3 is 12.0 Å². The first kappa shape index (κ1) is 17.3. The first-order chi connectivity index (χ1) is 12.5. The molecule has 0 bridgehead atoms. The molecule has 1 saturated heterocycles. The molecule has 1 atom stereocenters. The molecular weight excluding hydrogens is 336 g/mol. The summed E-state index contributed by atoms with van der Waals surface area (Å²) in [6.45, 7) is 0.594. The van der Waals surface area contributed by atoms with Crippen molar-refractivity contribution < 1.29 is 14.7 Å². The van der Waals surface area contributed by atoms with Crippen LogP contribution in [0.25, 0.3) is 11.3 Å². The molecule has 1 unspecified atom stereocenters. The van der Waals surface area contributed by atoms with E-state index in [1.807, 2.05) is 24.3 Å². The number of nitrogens with zero attached hydrogens (tertiary/aromatic N) is 3. The van der Waals surface area contributed by atoms with E-state index in [-0.39, 0.29) is 30.9 Å². The van der Waals surface area contributed by atoms with Gasteiger partial charge in [0.05, 0.1) is 30.6 Å². The molecular formula is C17H18N6O3. The summed E-state index contributed by atoms with van der Waals surface area (Å²) in [5, 5.41) is 18.9. The maximum atomic E-state index is 11.9. The molecule has 26 heavy (non-hydrogen) atoms. The zero-order chi connectivity index (χ0) is 18.7. The Morgan fingerprint density at radius 1 is 1.31 bits per heavy atom. The molecule has 1 fully saturated rings. The SMILES string of the molecule is N=C(N)c1cnc(-c2ccc(C3CNC(=O)N3CCC(=O)O)cc2)cn1. The number of hydrogen-bond acceptors (Lipinski definition) is 5. The highest BCUT2D eigenvalue weighted by Gasteiger charge is 2.31. The standard InChI is InChI=1S/C17H18N6O3/c18-16(19)13-8-20-12(7-21-13)10-1-3-11(4-2-10)14-9-22-17(26)23(14)6-5-15(24)25/h1-4,7-8,14H,5-6,9H2,(H3,18,19)(H,22,26)(H,24,25). The Morgan fingerprint density at radius 3 is 2.62 bits per heavy atom. The summed E-state index contributed by atoms with van der Waals surface area (Å²) in [4.78, 5) is 32.6. The highest BCUT2D eigenvalue weighted by atomic mass is 16.4. The molecule has 2 heterocycles. The van der Waals surface area contributed by atoms with Crippen molar-refractivity contribution in [2.24, 2.45) is 5.73 Å². The number of nitrogens with two attached hydrogens (primary N) is 1. The minimum atomic E-state index is -0.939. The topological polar surface area (TPSA) is 145 Å². The summed E-state index contributed by atoms with van der Waals surface area (Å²) >= 11 is 0. The van der Waals surface area contributed by atoms with Crippen molar-refractivity contribution >= 4 is 17.8 Å². The molecule has 1 aliphatic rings. The van der Waals surface area contributed by atoms with Gasteiger partial charge in [-0.25, -0.2) is 9.78 Å². The number of hydrogen-bond donors (Lipinski definition) is 4. The molecule has 0 radical (unpaired) electrons. The number of aliphatic carboxylic acids is 1. The molecule has 1 aromatic heterocycles. The van der Waals surface area contributed by atoms with E-state index in [1.165, 1.54) is 11.1 Å². The Hall–Kier alpha value is -3.49. The monoisotopic (exact) mass is 354 g/mol. The quantitative estimate of drug-likeness (QED) is 0.449. The van der Waals surface area contributed by atoms with Gasteiger partial charge in [0.1, 0.15) is 11.5 Å².